The van der Waals surface area contributed by atoms with Crippen molar-refractivity contribution < 1.29 is 13.6 Å². The number of hydrogen-bond donors (Lipinski definition) is 1. The van der Waals surface area contributed by atoms with Crippen LogP contribution in [-0.4, -0.2) is 28.5 Å². The van der Waals surface area contributed by atoms with Gasteiger partial charge in [0.2, 0.25) is 0 Å². The van der Waals surface area contributed by atoms with Crippen LogP contribution < -0.4 is 5.73 Å². The van der Waals surface area contributed by atoms with E-state index in [1.165, 1.54) is 17.1 Å². The fourth-order valence-corrected chi connectivity index (χ4v) is 3.18. The number of fused-ring (bicyclic) bond motifs is 1. The summed E-state index contributed by atoms with van der Waals surface area (Å²) in [6, 6.07) is 10.5. The summed E-state index contributed by atoms with van der Waals surface area (Å²) in [5.74, 6) is -1.54. The van der Waals surface area contributed by atoms with Gasteiger partial charge in [-0.1, -0.05) is 12.1 Å². The van der Waals surface area contributed by atoms with Crippen LogP contribution in [0.3, 0.4) is 0 Å². The van der Waals surface area contributed by atoms with Gasteiger partial charge in [0.1, 0.15) is 11.6 Å². The lowest BCUT2D eigenvalue weighted by Crippen LogP contribution is -2.42. The molecule has 0 spiro atoms. The highest BCUT2D eigenvalue weighted by molar-refractivity contribution is 6.24. The molecule has 0 saturated carbocycles. The van der Waals surface area contributed by atoms with Gasteiger partial charge in [-0.25, -0.2) is 13.8 Å². The molecule has 0 saturated heterocycles. The summed E-state index contributed by atoms with van der Waals surface area (Å²) in [4.78, 5) is 17.2. The number of anilines is 1. The number of hydrazone groups is 1. The van der Waals surface area contributed by atoms with Gasteiger partial charge in [0.05, 0.1) is 17.8 Å². The Morgan fingerprint density at radius 1 is 1.15 bits per heavy atom. The van der Waals surface area contributed by atoms with Crippen molar-refractivity contribution in [2.24, 2.45) is 10.1 Å². The molecule has 27 heavy (non-hydrogen) atoms. The van der Waals surface area contributed by atoms with Gasteiger partial charge < -0.3 is 5.73 Å². The molecule has 1 unspecified atom stereocenters. The van der Waals surface area contributed by atoms with E-state index in [1.54, 1.807) is 37.3 Å². The molecule has 0 aromatic heterocycles. The molecular weight excluding hydrogens is 350 g/mol. The summed E-state index contributed by atoms with van der Waals surface area (Å²) in [5, 5.41) is 5.59. The lowest BCUT2D eigenvalue weighted by Gasteiger charge is -2.32. The first-order valence-corrected chi connectivity index (χ1v) is 8.40. The SMILES string of the molecule is CC1=NN2C(=O)CC(c3ccc(N)cc3)=NC2C=C1c1ccc(F)cc1F. The van der Waals surface area contributed by atoms with Crippen LogP contribution in [0.4, 0.5) is 14.5 Å². The summed E-state index contributed by atoms with van der Waals surface area (Å²) in [6.45, 7) is 1.68. The number of carbonyl (C=O) groups is 1. The second-order valence-electron chi connectivity index (χ2n) is 6.42. The number of carbonyl (C=O) groups excluding carboxylic acids is 1. The Hall–Kier alpha value is -3.35. The fraction of sp³-hybridized carbons (Fsp3) is 0.150. The van der Waals surface area contributed by atoms with Crippen LogP contribution >= 0.6 is 0 Å². The molecule has 2 aromatic carbocycles. The van der Waals surface area contributed by atoms with Crippen LogP contribution in [0.15, 0.2) is 58.6 Å². The predicted molar refractivity (Wildman–Crippen MR) is 100 cm³/mol. The van der Waals surface area contributed by atoms with E-state index in [0.717, 1.165) is 11.6 Å². The molecule has 5 nitrogen and oxygen atoms in total. The third-order valence-electron chi connectivity index (χ3n) is 4.54. The zero-order valence-electron chi connectivity index (χ0n) is 14.5. The third-order valence-corrected chi connectivity index (χ3v) is 4.54. The van der Waals surface area contributed by atoms with E-state index in [2.05, 4.69) is 10.1 Å². The second kappa shape index (κ2) is 6.42. The number of allylic oxidation sites excluding steroid dienone is 1. The lowest BCUT2D eigenvalue weighted by molar-refractivity contribution is -0.131. The summed E-state index contributed by atoms with van der Waals surface area (Å²) < 4.78 is 27.5. The quantitative estimate of drug-likeness (QED) is 0.828. The molecule has 1 atom stereocenters. The molecule has 1 amide bonds. The predicted octanol–water partition coefficient (Wildman–Crippen LogP) is 3.37. The maximum Gasteiger partial charge on any atom is 0.251 e. The van der Waals surface area contributed by atoms with E-state index in [1.807, 2.05) is 0 Å². The van der Waals surface area contributed by atoms with Gasteiger partial charge in [-0.3, -0.25) is 9.79 Å². The van der Waals surface area contributed by atoms with Crippen LogP contribution in [0.25, 0.3) is 5.57 Å². The van der Waals surface area contributed by atoms with Crippen molar-refractivity contribution in [1.82, 2.24) is 5.01 Å². The number of aliphatic imine (C=N–C) groups is 1. The van der Waals surface area contributed by atoms with Crippen molar-refractivity contribution >= 4 is 28.6 Å². The van der Waals surface area contributed by atoms with E-state index in [0.29, 0.717) is 22.7 Å². The number of halogens is 2. The van der Waals surface area contributed by atoms with Crippen LogP contribution in [-0.2, 0) is 4.79 Å². The summed E-state index contributed by atoms with van der Waals surface area (Å²) >= 11 is 0. The van der Waals surface area contributed by atoms with Gasteiger partial charge in [-0.05, 0) is 42.8 Å². The normalized spacial score (nSPS) is 19.2. The molecule has 2 aromatic rings. The minimum atomic E-state index is -0.686. The Kier molecular flexibility index (Phi) is 4.07. The first kappa shape index (κ1) is 17.1. The molecule has 2 heterocycles. The number of nitrogens with zero attached hydrogens (tertiary/aromatic N) is 3. The van der Waals surface area contributed by atoms with Crippen molar-refractivity contribution in [3.63, 3.8) is 0 Å². The lowest BCUT2D eigenvalue weighted by atomic mass is 9.97. The Balaban J connectivity index is 1.76. The van der Waals surface area contributed by atoms with Gasteiger partial charge in [-0.2, -0.15) is 5.10 Å². The smallest absolute Gasteiger partial charge is 0.251 e. The summed E-state index contributed by atoms with van der Waals surface area (Å²) in [6.07, 6.45) is 1.11. The highest BCUT2D eigenvalue weighted by Gasteiger charge is 2.33. The monoisotopic (exact) mass is 366 g/mol. The molecule has 0 aliphatic carbocycles. The number of rotatable bonds is 2. The first-order chi connectivity index (χ1) is 12.9. The van der Waals surface area contributed by atoms with E-state index >= 15 is 0 Å². The highest BCUT2D eigenvalue weighted by atomic mass is 19.1. The number of nitrogens with two attached hydrogens (primary N) is 1. The van der Waals surface area contributed by atoms with Crippen LogP contribution in [0.5, 0.6) is 0 Å². The van der Waals surface area contributed by atoms with Gasteiger partial charge >= 0.3 is 0 Å². The van der Waals surface area contributed by atoms with Gasteiger partial charge in [0, 0.05) is 22.9 Å². The van der Waals surface area contributed by atoms with Crippen molar-refractivity contribution in [3.8, 4) is 0 Å². The molecule has 0 bridgehead atoms. The molecule has 2 aliphatic rings. The van der Waals surface area contributed by atoms with Crippen molar-refractivity contribution in [3.05, 3.63) is 71.3 Å². The van der Waals surface area contributed by atoms with Crippen LogP contribution in [0.2, 0.25) is 0 Å². The van der Waals surface area contributed by atoms with Crippen molar-refractivity contribution in [2.45, 2.75) is 19.5 Å². The Labute approximate surface area is 154 Å². The molecule has 4 rings (SSSR count). The minimum absolute atomic E-state index is 0.116. The average Bonchev–Trinajstić information content (AvgIpc) is 2.63. The van der Waals surface area contributed by atoms with Crippen molar-refractivity contribution in [1.29, 1.82) is 0 Å². The van der Waals surface area contributed by atoms with E-state index in [9.17, 15) is 13.6 Å². The minimum Gasteiger partial charge on any atom is -0.399 e. The Morgan fingerprint density at radius 2 is 1.89 bits per heavy atom. The largest absolute Gasteiger partial charge is 0.399 e. The summed E-state index contributed by atoms with van der Waals surface area (Å²) in [5.41, 5.74) is 8.92. The third kappa shape index (κ3) is 3.12. The van der Waals surface area contributed by atoms with E-state index in [4.69, 9.17) is 5.73 Å². The molecule has 0 radical (unpaired) electrons. The maximum atomic E-state index is 14.2. The molecule has 0 fully saturated rings. The zero-order chi connectivity index (χ0) is 19.1. The van der Waals surface area contributed by atoms with Gasteiger partial charge in [0.25, 0.3) is 5.91 Å². The summed E-state index contributed by atoms with van der Waals surface area (Å²) in [7, 11) is 0. The Morgan fingerprint density at radius 3 is 2.59 bits per heavy atom. The number of hydrogen-bond acceptors (Lipinski definition) is 4. The maximum absolute atomic E-state index is 14.2. The standard InChI is InChI=1S/C20H16F2N4O/c1-11-16(15-7-4-13(21)8-17(15)22)9-19-24-18(10-20(27)26(19)25-11)12-2-5-14(23)6-3-12/h2-9,19H,10,23H2,1H3. The van der Waals surface area contributed by atoms with Crippen LogP contribution in [0.1, 0.15) is 24.5 Å². The van der Waals surface area contributed by atoms with E-state index in [-0.39, 0.29) is 17.9 Å². The molecule has 2 aliphatic heterocycles. The van der Waals surface area contributed by atoms with Gasteiger partial charge in [0.15, 0.2) is 6.17 Å². The highest BCUT2D eigenvalue weighted by Crippen LogP contribution is 2.29. The second-order valence-corrected chi connectivity index (χ2v) is 6.42. The number of amides is 1. The molecule has 7 heteroatoms. The fourth-order valence-electron chi connectivity index (χ4n) is 3.18. The molecule has 2 N–H and O–H groups in total. The molecule has 136 valence electrons. The van der Waals surface area contributed by atoms with E-state index < -0.39 is 17.8 Å². The number of nitrogen functional groups attached to an aromatic ring is 1. The first-order valence-electron chi connectivity index (χ1n) is 8.40. The zero-order valence-corrected chi connectivity index (χ0v) is 14.5. The average molecular weight is 366 g/mol. The number of benzene rings is 2. The van der Waals surface area contributed by atoms with Gasteiger partial charge in [-0.15, -0.1) is 0 Å². The molecular formula is C20H16F2N4O. The topological polar surface area (TPSA) is 71.0 Å². The van der Waals surface area contributed by atoms with Crippen molar-refractivity contribution in [2.75, 3.05) is 5.73 Å². The van der Waals surface area contributed by atoms with Crippen LogP contribution in [0, 0.1) is 11.6 Å². The Bertz CT molecular complexity index is 1020.